The Bertz CT molecular complexity index is 123. The first kappa shape index (κ1) is 6.59. The van der Waals surface area contributed by atoms with E-state index in [2.05, 4.69) is 6.92 Å². The Balaban J connectivity index is 2.61. The van der Waals surface area contributed by atoms with Gasteiger partial charge in [-0.05, 0) is 19.8 Å². The fraction of sp³-hybridized carbons (Fsp3) is 0.714. The van der Waals surface area contributed by atoms with Crippen LogP contribution in [0.3, 0.4) is 0 Å². The van der Waals surface area contributed by atoms with Crippen molar-refractivity contribution in [3.05, 3.63) is 6.92 Å². The predicted octanol–water partition coefficient (Wildman–Crippen LogP) is 1.47. The minimum atomic E-state index is -0.736. The van der Waals surface area contributed by atoms with E-state index in [1.165, 1.54) is 0 Å². The van der Waals surface area contributed by atoms with E-state index in [-0.39, 0.29) is 0 Å². The van der Waals surface area contributed by atoms with Gasteiger partial charge >= 0.3 is 5.97 Å². The minimum absolute atomic E-state index is 0.639. The predicted molar refractivity (Wildman–Crippen MR) is 33.9 cm³/mol. The fourth-order valence-corrected chi connectivity index (χ4v) is 1.27. The molecule has 0 bridgehead atoms. The van der Waals surface area contributed by atoms with Gasteiger partial charge in [0.1, 0.15) is 0 Å². The molecule has 0 atom stereocenters. The van der Waals surface area contributed by atoms with Crippen LogP contribution < -0.4 is 0 Å². The molecule has 1 radical (unpaired) electrons. The Hall–Kier alpha value is -0.530. The monoisotopic (exact) mass is 127 g/mol. The van der Waals surface area contributed by atoms with Crippen molar-refractivity contribution >= 4 is 5.97 Å². The molecule has 0 aromatic carbocycles. The second kappa shape index (κ2) is 2.01. The second-order valence-corrected chi connectivity index (χ2v) is 2.79. The van der Waals surface area contributed by atoms with Gasteiger partial charge in [0.2, 0.25) is 0 Å². The Morgan fingerprint density at radius 3 is 2.11 bits per heavy atom. The summed E-state index contributed by atoms with van der Waals surface area (Å²) in [6.45, 7) is 3.67. The fourth-order valence-electron chi connectivity index (χ4n) is 1.27. The van der Waals surface area contributed by atoms with Gasteiger partial charge in [0.15, 0.2) is 0 Å². The average Bonchev–Trinajstić information content (AvgIpc) is 2.16. The van der Waals surface area contributed by atoms with E-state index in [0.717, 1.165) is 25.7 Å². The number of hydrogen-bond acceptors (Lipinski definition) is 1. The van der Waals surface area contributed by atoms with Crippen LogP contribution in [-0.4, -0.2) is 11.1 Å². The van der Waals surface area contributed by atoms with Crippen LogP contribution in [0.1, 0.15) is 25.7 Å². The number of rotatable bonds is 1. The molecule has 0 unspecified atom stereocenters. The smallest absolute Gasteiger partial charge is 0.309 e. The van der Waals surface area contributed by atoms with Gasteiger partial charge in [-0.15, -0.1) is 0 Å². The van der Waals surface area contributed by atoms with Crippen LogP contribution >= 0.6 is 0 Å². The molecule has 1 N–H and O–H groups in total. The van der Waals surface area contributed by atoms with Crippen LogP contribution in [0, 0.1) is 12.3 Å². The third-order valence-corrected chi connectivity index (χ3v) is 2.01. The molecule has 2 nitrogen and oxygen atoms in total. The van der Waals surface area contributed by atoms with Gasteiger partial charge in [-0.2, -0.15) is 0 Å². The highest BCUT2D eigenvalue weighted by atomic mass is 16.4. The van der Waals surface area contributed by atoms with Gasteiger partial charge in [0.25, 0.3) is 0 Å². The average molecular weight is 127 g/mol. The molecular weight excluding hydrogens is 116 g/mol. The first-order valence-corrected chi connectivity index (χ1v) is 3.24. The number of carbonyl (C=O) groups is 1. The summed E-state index contributed by atoms with van der Waals surface area (Å²) in [5, 5.41) is 8.61. The molecule has 0 amide bonds. The number of carboxylic acids is 1. The van der Waals surface area contributed by atoms with E-state index in [0.29, 0.717) is 0 Å². The lowest BCUT2D eigenvalue weighted by molar-refractivity contribution is -0.145. The second-order valence-electron chi connectivity index (χ2n) is 2.79. The molecule has 0 aromatic heterocycles. The highest BCUT2D eigenvalue weighted by Crippen LogP contribution is 2.36. The number of carboxylic acid groups (broad SMARTS) is 1. The summed E-state index contributed by atoms with van der Waals surface area (Å²) in [5.41, 5.74) is -0.639. The zero-order valence-electron chi connectivity index (χ0n) is 5.39. The molecule has 0 spiro atoms. The minimum Gasteiger partial charge on any atom is -0.481 e. The maximum Gasteiger partial charge on any atom is 0.309 e. The summed E-state index contributed by atoms with van der Waals surface area (Å²) >= 11 is 0. The van der Waals surface area contributed by atoms with Crippen LogP contribution in [0.15, 0.2) is 0 Å². The molecule has 1 saturated carbocycles. The third kappa shape index (κ3) is 1.07. The lowest BCUT2D eigenvalue weighted by Gasteiger charge is -2.15. The van der Waals surface area contributed by atoms with E-state index >= 15 is 0 Å². The third-order valence-electron chi connectivity index (χ3n) is 2.01. The summed E-state index contributed by atoms with van der Waals surface area (Å²) in [6, 6.07) is 0. The first-order valence-electron chi connectivity index (χ1n) is 3.24. The Morgan fingerprint density at radius 2 is 1.89 bits per heavy atom. The maximum absolute atomic E-state index is 10.5. The molecule has 1 aliphatic carbocycles. The summed E-state index contributed by atoms with van der Waals surface area (Å²) in [5.74, 6) is -0.736. The Morgan fingerprint density at radius 1 is 1.44 bits per heavy atom. The summed E-state index contributed by atoms with van der Waals surface area (Å²) in [4.78, 5) is 10.5. The highest BCUT2D eigenvalue weighted by Gasteiger charge is 2.35. The van der Waals surface area contributed by atoms with Crippen molar-refractivity contribution in [1.82, 2.24) is 0 Å². The van der Waals surface area contributed by atoms with Gasteiger partial charge in [-0.3, -0.25) is 4.79 Å². The van der Waals surface area contributed by atoms with E-state index in [9.17, 15) is 4.79 Å². The molecule has 1 rings (SSSR count). The van der Waals surface area contributed by atoms with Crippen molar-refractivity contribution in [2.24, 2.45) is 5.41 Å². The Kier molecular flexibility index (Phi) is 1.47. The molecule has 9 heavy (non-hydrogen) atoms. The van der Waals surface area contributed by atoms with E-state index in [1.807, 2.05) is 0 Å². The molecule has 1 aliphatic rings. The van der Waals surface area contributed by atoms with Crippen molar-refractivity contribution in [2.75, 3.05) is 0 Å². The zero-order chi connectivity index (χ0) is 6.91. The lowest BCUT2D eigenvalue weighted by atomic mass is 9.89. The molecule has 1 fully saturated rings. The van der Waals surface area contributed by atoms with Crippen molar-refractivity contribution in [2.45, 2.75) is 25.7 Å². The van der Waals surface area contributed by atoms with E-state index < -0.39 is 11.4 Å². The molecule has 2 heteroatoms. The van der Waals surface area contributed by atoms with E-state index in [4.69, 9.17) is 5.11 Å². The normalized spacial score (nSPS) is 24.1. The van der Waals surface area contributed by atoms with Crippen molar-refractivity contribution < 1.29 is 9.90 Å². The van der Waals surface area contributed by atoms with Gasteiger partial charge < -0.3 is 5.11 Å². The zero-order valence-corrected chi connectivity index (χ0v) is 5.39. The summed E-state index contributed by atoms with van der Waals surface area (Å²) in [6.07, 6.45) is 3.55. The largest absolute Gasteiger partial charge is 0.481 e. The Labute approximate surface area is 54.9 Å². The number of aliphatic carboxylic acids is 1. The summed E-state index contributed by atoms with van der Waals surface area (Å²) in [7, 11) is 0. The lowest BCUT2D eigenvalue weighted by Crippen LogP contribution is -2.23. The van der Waals surface area contributed by atoms with Crippen molar-refractivity contribution in [3.8, 4) is 0 Å². The highest BCUT2D eigenvalue weighted by molar-refractivity contribution is 5.75. The van der Waals surface area contributed by atoms with Crippen LogP contribution in [0.2, 0.25) is 0 Å². The molecule has 51 valence electrons. The first-order chi connectivity index (χ1) is 4.15. The van der Waals surface area contributed by atoms with Crippen LogP contribution in [0.5, 0.6) is 0 Å². The molecule has 0 heterocycles. The van der Waals surface area contributed by atoms with Gasteiger partial charge in [-0.25, -0.2) is 0 Å². The van der Waals surface area contributed by atoms with Crippen LogP contribution in [-0.2, 0) is 4.79 Å². The standard InChI is InChI=1S/C7H11O2/c1-7(6(8)9)4-2-3-5-7/h1-5H2,(H,8,9). The molecular formula is C7H11O2. The van der Waals surface area contributed by atoms with Gasteiger partial charge in [-0.1, -0.05) is 12.8 Å². The quantitative estimate of drug-likeness (QED) is 0.579. The summed E-state index contributed by atoms with van der Waals surface area (Å²) < 4.78 is 0. The van der Waals surface area contributed by atoms with E-state index in [1.54, 1.807) is 0 Å². The SMILES string of the molecule is [CH2]C1(C(=O)O)CCCC1. The van der Waals surface area contributed by atoms with Gasteiger partial charge in [0, 0.05) is 0 Å². The van der Waals surface area contributed by atoms with Crippen LogP contribution in [0.4, 0.5) is 0 Å². The van der Waals surface area contributed by atoms with Crippen molar-refractivity contribution in [3.63, 3.8) is 0 Å². The molecule has 0 aromatic rings. The van der Waals surface area contributed by atoms with Crippen LogP contribution in [0.25, 0.3) is 0 Å². The van der Waals surface area contributed by atoms with Gasteiger partial charge in [0.05, 0.1) is 5.41 Å². The molecule has 0 aliphatic heterocycles. The van der Waals surface area contributed by atoms with Crippen molar-refractivity contribution in [1.29, 1.82) is 0 Å². The molecule has 0 saturated heterocycles. The number of hydrogen-bond donors (Lipinski definition) is 1. The maximum atomic E-state index is 10.5. The topological polar surface area (TPSA) is 37.3 Å².